The van der Waals surface area contributed by atoms with Crippen LogP contribution in [0.15, 0.2) is 0 Å². The minimum absolute atomic E-state index is 0.723. The van der Waals surface area contributed by atoms with Crippen molar-refractivity contribution in [1.82, 2.24) is 10.2 Å². The van der Waals surface area contributed by atoms with Crippen LogP contribution in [0.5, 0.6) is 0 Å². The van der Waals surface area contributed by atoms with Gasteiger partial charge in [0.15, 0.2) is 0 Å². The summed E-state index contributed by atoms with van der Waals surface area (Å²) in [7, 11) is 0. The van der Waals surface area contributed by atoms with Gasteiger partial charge in [-0.15, -0.1) is 0 Å². The first-order valence-corrected chi connectivity index (χ1v) is 9.13. The molecule has 0 radical (unpaired) electrons. The molecule has 1 atom stereocenters. The fourth-order valence-corrected chi connectivity index (χ4v) is 5.20. The molecule has 2 saturated heterocycles. The van der Waals surface area contributed by atoms with Crippen LogP contribution < -0.4 is 5.32 Å². The summed E-state index contributed by atoms with van der Waals surface area (Å²) in [5.74, 6) is 4.05. The van der Waals surface area contributed by atoms with Gasteiger partial charge in [-0.05, 0) is 39.8 Å². The largest absolute Gasteiger partial charge is 0.313 e. The van der Waals surface area contributed by atoms with E-state index in [4.69, 9.17) is 0 Å². The van der Waals surface area contributed by atoms with Crippen molar-refractivity contribution in [1.29, 1.82) is 0 Å². The highest BCUT2D eigenvalue weighted by molar-refractivity contribution is 8.06. The van der Waals surface area contributed by atoms with E-state index in [9.17, 15) is 0 Å². The number of rotatable bonds is 4. The predicted octanol–water partition coefficient (Wildman–Crippen LogP) is 2.30. The molecular formula is C13H26N2S2. The number of nitrogens with one attached hydrogen (secondary N) is 1. The predicted molar refractivity (Wildman–Crippen MR) is 81.3 cm³/mol. The highest BCUT2D eigenvalue weighted by atomic mass is 32.2. The highest BCUT2D eigenvalue weighted by Gasteiger charge is 2.22. The second-order valence-electron chi connectivity index (χ2n) is 5.38. The van der Waals surface area contributed by atoms with E-state index in [1.165, 1.54) is 49.7 Å². The van der Waals surface area contributed by atoms with Crippen LogP contribution in [0.3, 0.4) is 0 Å². The van der Waals surface area contributed by atoms with E-state index < -0.39 is 0 Å². The molecule has 0 spiro atoms. The molecule has 17 heavy (non-hydrogen) atoms. The molecule has 0 aromatic carbocycles. The molecule has 1 N–H and O–H groups in total. The molecule has 2 aliphatic heterocycles. The van der Waals surface area contributed by atoms with Crippen LogP contribution in [0.4, 0.5) is 0 Å². The molecule has 2 heterocycles. The van der Waals surface area contributed by atoms with Crippen molar-refractivity contribution < 1.29 is 0 Å². The van der Waals surface area contributed by atoms with E-state index in [2.05, 4.69) is 47.6 Å². The lowest BCUT2D eigenvalue weighted by Crippen LogP contribution is -2.46. The van der Waals surface area contributed by atoms with Crippen LogP contribution in [0, 0.1) is 0 Å². The SMILES string of the molecule is CC(C)N1CCC(NCC2CSCCS2)CC1. The molecule has 2 nitrogen and oxygen atoms in total. The van der Waals surface area contributed by atoms with Gasteiger partial charge in [0.25, 0.3) is 0 Å². The number of thioether (sulfide) groups is 2. The Bertz CT molecular complexity index is 209. The van der Waals surface area contributed by atoms with Crippen molar-refractivity contribution in [3.05, 3.63) is 0 Å². The third-order valence-corrected chi connectivity index (χ3v) is 6.62. The minimum atomic E-state index is 0.723. The van der Waals surface area contributed by atoms with E-state index in [1.807, 2.05) is 0 Å². The maximum absolute atomic E-state index is 3.79. The molecule has 2 fully saturated rings. The lowest BCUT2D eigenvalue weighted by molar-refractivity contribution is 0.161. The molecule has 2 rings (SSSR count). The molecule has 0 aromatic heterocycles. The van der Waals surface area contributed by atoms with Gasteiger partial charge < -0.3 is 10.2 Å². The van der Waals surface area contributed by atoms with Crippen LogP contribution in [0.2, 0.25) is 0 Å². The monoisotopic (exact) mass is 274 g/mol. The van der Waals surface area contributed by atoms with E-state index in [0.717, 1.165) is 17.3 Å². The van der Waals surface area contributed by atoms with E-state index in [-0.39, 0.29) is 0 Å². The topological polar surface area (TPSA) is 15.3 Å². The molecule has 0 amide bonds. The Morgan fingerprint density at radius 2 is 2.00 bits per heavy atom. The number of hydrogen-bond acceptors (Lipinski definition) is 4. The number of nitrogens with zero attached hydrogens (tertiary/aromatic N) is 1. The Hall–Kier alpha value is 0.620. The Balaban J connectivity index is 1.61. The summed E-state index contributed by atoms with van der Waals surface area (Å²) in [5.41, 5.74) is 0. The van der Waals surface area contributed by atoms with Gasteiger partial charge in [-0.1, -0.05) is 0 Å². The van der Waals surface area contributed by atoms with Crippen LogP contribution in [-0.4, -0.2) is 59.1 Å². The summed E-state index contributed by atoms with van der Waals surface area (Å²) in [6.07, 6.45) is 2.67. The first-order valence-electron chi connectivity index (χ1n) is 6.92. The molecule has 0 aromatic rings. The molecule has 2 aliphatic rings. The van der Waals surface area contributed by atoms with Gasteiger partial charge in [0.1, 0.15) is 0 Å². The van der Waals surface area contributed by atoms with Crippen molar-refractivity contribution in [3.8, 4) is 0 Å². The number of likely N-dealkylation sites (tertiary alicyclic amines) is 1. The highest BCUT2D eigenvalue weighted by Crippen LogP contribution is 2.23. The standard InChI is InChI=1S/C13H26N2S2/c1-11(2)15-5-3-12(4-6-15)14-9-13-10-16-7-8-17-13/h11-14H,3-10H2,1-2H3. The fraction of sp³-hybridized carbons (Fsp3) is 1.00. The summed E-state index contributed by atoms with van der Waals surface area (Å²) < 4.78 is 0. The van der Waals surface area contributed by atoms with Gasteiger partial charge in [-0.2, -0.15) is 23.5 Å². The number of hydrogen-bond donors (Lipinski definition) is 1. The maximum atomic E-state index is 3.79. The molecular weight excluding hydrogens is 248 g/mol. The molecule has 4 heteroatoms. The summed E-state index contributed by atoms with van der Waals surface area (Å²) in [5, 5.41) is 4.65. The van der Waals surface area contributed by atoms with E-state index in [0.29, 0.717) is 0 Å². The van der Waals surface area contributed by atoms with Gasteiger partial charge in [0, 0.05) is 41.1 Å². The summed E-state index contributed by atoms with van der Waals surface area (Å²) in [6, 6.07) is 1.50. The maximum Gasteiger partial charge on any atom is 0.0263 e. The molecule has 1 unspecified atom stereocenters. The van der Waals surface area contributed by atoms with Gasteiger partial charge in [0.2, 0.25) is 0 Å². The molecule has 0 bridgehead atoms. The summed E-state index contributed by atoms with van der Waals surface area (Å²) in [6.45, 7) is 8.40. The third-order valence-electron chi connectivity index (χ3n) is 3.78. The van der Waals surface area contributed by atoms with Crippen molar-refractivity contribution in [2.45, 2.75) is 44.0 Å². The van der Waals surface area contributed by atoms with E-state index in [1.54, 1.807) is 0 Å². The molecule has 100 valence electrons. The minimum Gasteiger partial charge on any atom is -0.313 e. The van der Waals surface area contributed by atoms with Gasteiger partial charge in [-0.25, -0.2) is 0 Å². The number of piperidine rings is 1. The molecule has 0 aliphatic carbocycles. The van der Waals surface area contributed by atoms with Crippen molar-refractivity contribution in [3.63, 3.8) is 0 Å². The van der Waals surface area contributed by atoms with Gasteiger partial charge >= 0.3 is 0 Å². The average Bonchev–Trinajstić information content (AvgIpc) is 2.38. The van der Waals surface area contributed by atoms with Gasteiger partial charge in [-0.3, -0.25) is 0 Å². The smallest absolute Gasteiger partial charge is 0.0263 e. The first-order chi connectivity index (χ1) is 8.25. The van der Waals surface area contributed by atoms with Gasteiger partial charge in [0.05, 0.1) is 0 Å². The average molecular weight is 274 g/mol. The Labute approximate surface area is 115 Å². The van der Waals surface area contributed by atoms with Crippen LogP contribution in [0.25, 0.3) is 0 Å². The quantitative estimate of drug-likeness (QED) is 0.846. The second kappa shape index (κ2) is 7.27. The zero-order valence-electron chi connectivity index (χ0n) is 11.2. The second-order valence-corrected chi connectivity index (χ2v) is 7.94. The zero-order chi connectivity index (χ0) is 12.1. The van der Waals surface area contributed by atoms with Crippen molar-refractivity contribution in [2.24, 2.45) is 0 Å². The Morgan fingerprint density at radius 1 is 1.24 bits per heavy atom. The Kier molecular flexibility index (Phi) is 6.00. The fourth-order valence-electron chi connectivity index (χ4n) is 2.57. The lowest BCUT2D eigenvalue weighted by Gasteiger charge is -2.35. The van der Waals surface area contributed by atoms with Crippen LogP contribution in [-0.2, 0) is 0 Å². The first kappa shape index (κ1) is 14.0. The summed E-state index contributed by atoms with van der Waals surface area (Å²) >= 11 is 4.29. The normalized spacial score (nSPS) is 28.8. The lowest BCUT2D eigenvalue weighted by atomic mass is 10.0. The van der Waals surface area contributed by atoms with E-state index >= 15 is 0 Å². The zero-order valence-corrected chi connectivity index (χ0v) is 12.8. The van der Waals surface area contributed by atoms with Crippen LogP contribution in [0.1, 0.15) is 26.7 Å². The van der Waals surface area contributed by atoms with Crippen LogP contribution >= 0.6 is 23.5 Å². The van der Waals surface area contributed by atoms with Crippen molar-refractivity contribution >= 4 is 23.5 Å². The van der Waals surface area contributed by atoms with Crippen molar-refractivity contribution in [2.75, 3.05) is 36.9 Å². The Morgan fingerprint density at radius 3 is 2.59 bits per heavy atom. The summed E-state index contributed by atoms with van der Waals surface area (Å²) in [4.78, 5) is 2.60. The third kappa shape index (κ3) is 4.66. The molecule has 0 saturated carbocycles.